The maximum absolute atomic E-state index is 9.19. The molecule has 1 heterocycles. The quantitative estimate of drug-likeness (QED) is 0.617. The maximum atomic E-state index is 9.19. The first kappa shape index (κ1) is 10.5. The first-order valence-corrected chi connectivity index (χ1v) is 4.36. The van der Waals surface area contributed by atoms with E-state index in [1.165, 1.54) is 0 Å². The third kappa shape index (κ3) is 1.68. The first-order valence-electron chi connectivity index (χ1n) is 4.36. The van der Waals surface area contributed by atoms with Gasteiger partial charge in [0.1, 0.15) is 11.6 Å². The Hall–Kier alpha value is -0.630. The minimum atomic E-state index is -0.521. The van der Waals surface area contributed by atoms with E-state index in [0.717, 1.165) is 0 Å². The Morgan fingerprint density at radius 3 is 2.69 bits per heavy atom. The Kier molecular flexibility index (Phi) is 3.26. The van der Waals surface area contributed by atoms with Crippen molar-refractivity contribution in [3.63, 3.8) is 0 Å². The van der Waals surface area contributed by atoms with Crippen molar-refractivity contribution in [2.24, 2.45) is 0 Å². The van der Waals surface area contributed by atoms with Crippen molar-refractivity contribution in [2.45, 2.75) is 18.1 Å². The predicted octanol–water partition coefficient (Wildman–Crippen LogP) is 0.246. The van der Waals surface area contributed by atoms with E-state index >= 15 is 0 Å². The molecule has 1 aliphatic rings. The van der Waals surface area contributed by atoms with Gasteiger partial charge in [0.25, 0.3) is 0 Å². The molecule has 0 spiro atoms. The van der Waals surface area contributed by atoms with Crippen LogP contribution in [0.3, 0.4) is 0 Å². The molecule has 2 atom stereocenters. The number of ether oxygens (including phenoxy) is 2. The summed E-state index contributed by atoms with van der Waals surface area (Å²) in [6.07, 6.45) is 0.552. The Balaban J connectivity index is 2.86. The van der Waals surface area contributed by atoms with Gasteiger partial charge in [-0.25, -0.2) is 0 Å². The molecule has 1 rings (SSSR count). The van der Waals surface area contributed by atoms with Crippen LogP contribution in [-0.2, 0) is 9.47 Å². The topological polar surface area (TPSA) is 45.5 Å². The average Bonchev–Trinajstić information content (AvgIpc) is 2.17. The summed E-state index contributed by atoms with van der Waals surface area (Å²) in [5.74, 6) is 0. The highest BCUT2D eigenvalue weighted by atomic mass is 16.5. The molecule has 1 saturated heterocycles. The molecule has 2 unspecified atom stereocenters. The number of likely N-dealkylation sites (N-methyl/N-ethyl adjacent to an activating group) is 1. The van der Waals surface area contributed by atoms with Crippen molar-refractivity contribution >= 4 is 0 Å². The molecule has 0 aromatic heterocycles. The van der Waals surface area contributed by atoms with Crippen molar-refractivity contribution in [3.8, 4) is 6.07 Å². The summed E-state index contributed by atoms with van der Waals surface area (Å²) in [4.78, 5) is 1.92. The summed E-state index contributed by atoms with van der Waals surface area (Å²) >= 11 is 0. The molecule has 4 heteroatoms. The van der Waals surface area contributed by atoms with Crippen LogP contribution in [0.5, 0.6) is 0 Å². The van der Waals surface area contributed by atoms with Crippen LogP contribution in [0.25, 0.3) is 0 Å². The van der Waals surface area contributed by atoms with Crippen LogP contribution in [0, 0.1) is 11.3 Å². The van der Waals surface area contributed by atoms with E-state index in [0.29, 0.717) is 19.6 Å². The third-order valence-electron chi connectivity index (χ3n) is 2.71. The van der Waals surface area contributed by atoms with Crippen LogP contribution >= 0.6 is 0 Å². The van der Waals surface area contributed by atoms with E-state index in [1.807, 2.05) is 19.0 Å². The summed E-state index contributed by atoms with van der Waals surface area (Å²) in [6, 6.07) is 2.34. The largest absolute Gasteiger partial charge is 0.379 e. The molecule has 74 valence electrons. The second-order valence-corrected chi connectivity index (χ2v) is 3.48. The molecule has 1 fully saturated rings. The van der Waals surface area contributed by atoms with Gasteiger partial charge in [0, 0.05) is 20.1 Å². The van der Waals surface area contributed by atoms with E-state index in [2.05, 4.69) is 6.07 Å². The van der Waals surface area contributed by atoms with Crippen molar-refractivity contribution in [2.75, 3.05) is 34.4 Å². The lowest BCUT2D eigenvalue weighted by atomic mass is 9.87. The lowest BCUT2D eigenvalue weighted by molar-refractivity contribution is -0.101. The number of rotatable bonds is 2. The number of nitriles is 1. The van der Waals surface area contributed by atoms with Gasteiger partial charge in [-0.05, 0) is 14.1 Å². The van der Waals surface area contributed by atoms with Gasteiger partial charge in [-0.1, -0.05) is 0 Å². The van der Waals surface area contributed by atoms with Crippen LogP contribution in [0.15, 0.2) is 0 Å². The van der Waals surface area contributed by atoms with Gasteiger partial charge in [-0.15, -0.1) is 0 Å². The SMILES string of the molecule is COC1COCCC1(C#N)N(C)C. The van der Waals surface area contributed by atoms with Gasteiger partial charge in [-0.2, -0.15) is 5.26 Å². The summed E-state index contributed by atoms with van der Waals surface area (Å²) in [5, 5.41) is 9.19. The monoisotopic (exact) mass is 184 g/mol. The standard InChI is InChI=1S/C9H16N2O2/c1-11(2)9(7-10)4-5-13-6-8(9)12-3/h8H,4-6H2,1-3H3. The fourth-order valence-corrected chi connectivity index (χ4v) is 1.72. The maximum Gasteiger partial charge on any atom is 0.139 e. The highest BCUT2D eigenvalue weighted by molar-refractivity contribution is 5.13. The zero-order valence-corrected chi connectivity index (χ0v) is 8.41. The average molecular weight is 184 g/mol. The Labute approximate surface area is 79.0 Å². The zero-order chi connectivity index (χ0) is 9.90. The summed E-state index contributed by atoms with van der Waals surface area (Å²) in [7, 11) is 5.43. The van der Waals surface area contributed by atoms with Gasteiger partial charge in [-0.3, -0.25) is 4.90 Å². The molecule has 4 nitrogen and oxygen atoms in total. The molecule has 0 radical (unpaired) electrons. The molecule has 0 aliphatic carbocycles. The summed E-state index contributed by atoms with van der Waals surface area (Å²) in [5.41, 5.74) is -0.521. The molecule has 0 amide bonds. The van der Waals surface area contributed by atoms with Crippen LogP contribution in [-0.4, -0.2) is 51.0 Å². The molecular weight excluding hydrogens is 168 g/mol. The molecule has 0 N–H and O–H groups in total. The van der Waals surface area contributed by atoms with E-state index in [1.54, 1.807) is 7.11 Å². The molecule has 0 aromatic rings. The highest BCUT2D eigenvalue weighted by Gasteiger charge is 2.44. The summed E-state index contributed by atoms with van der Waals surface area (Å²) < 4.78 is 10.5. The highest BCUT2D eigenvalue weighted by Crippen LogP contribution is 2.27. The van der Waals surface area contributed by atoms with Gasteiger partial charge in [0.2, 0.25) is 0 Å². The Bertz CT molecular complexity index is 212. The Morgan fingerprint density at radius 1 is 1.62 bits per heavy atom. The predicted molar refractivity (Wildman–Crippen MR) is 48.3 cm³/mol. The normalized spacial score (nSPS) is 34.5. The molecule has 1 aliphatic heterocycles. The van der Waals surface area contributed by atoms with Crippen LogP contribution in [0.4, 0.5) is 0 Å². The number of nitrogens with zero attached hydrogens (tertiary/aromatic N) is 2. The van der Waals surface area contributed by atoms with Crippen LogP contribution < -0.4 is 0 Å². The number of methoxy groups -OCH3 is 1. The zero-order valence-electron chi connectivity index (χ0n) is 8.41. The van der Waals surface area contributed by atoms with Crippen LogP contribution in [0.1, 0.15) is 6.42 Å². The second-order valence-electron chi connectivity index (χ2n) is 3.48. The second kappa shape index (κ2) is 4.05. The fraction of sp³-hybridized carbons (Fsp3) is 0.889. The van der Waals surface area contributed by atoms with Crippen molar-refractivity contribution in [1.29, 1.82) is 5.26 Å². The lowest BCUT2D eigenvalue weighted by Gasteiger charge is -2.42. The molecule has 0 aromatic carbocycles. The van der Waals surface area contributed by atoms with E-state index in [-0.39, 0.29) is 6.10 Å². The lowest BCUT2D eigenvalue weighted by Crippen LogP contribution is -2.58. The van der Waals surface area contributed by atoms with Crippen molar-refractivity contribution in [1.82, 2.24) is 4.90 Å². The van der Waals surface area contributed by atoms with Gasteiger partial charge < -0.3 is 9.47 Å². The fourth-order valence-electron chi connectivity index (χ4n) is 1.72. The van der Waals surface area contributed by atoms with Crippen molar-refractivity contribution in [3.05, 3.63) is 0 Å². The third-order valence-corrected chi connectivity index (χ3v) is 2.71. The van der Waals surface area contributed by atoms with E-state index in [9.17, 15) is 5.26 Å². The van der Waals surface area contributed by atoms with Crippen molar-refractivity contribution < 1.29 is 9.47 Å². The van der Waals surface area contributed by atoms with E-state index in [4.69, 9.17) is 9.47 Å². The van der Waals surface area contributed by atoms with Gasteiger partial charge in [0.15, 0.2) is 0 Å². The molecule has 0 bridgehead atoms. The summed E-state index contributed by atoms with van der Waals surface area (Å²) in [6.45, 7) is 1.13. The van der Waals surface area contributed by atoms with Gasteiger partial charge >= 0.3 is 0 Å². The Morgan fingerprint density at radius 2 is 2.31 bits per heavy atom. The minimum absolute atomic E-state index is 0.152. The molecule has 13 heavy (non-hydrogen) atoms. The molecular formula is C9H16N2O2. The first-order chi connectivity index (χ1) is 6.17. The number of hydrogen-bond donors (Lipinski definition) is 0. The minimum Gasteiger partial charge on any atom is -0.379 e. The van der Waals surface area contributed by atoms with Crippen LogP contribution in [0.2, 0.25) is 0 Å². The molecule has 0 saturated carbocycles. The van der Waals surface area contributed by atoms with E-state index < -0.39 is 5.54 Å². The smallest absolute Gasteiger partial charge is 0.139 e. The van der Waals surface area contributed by atoms with Gasteiger partial charge in [0.05, 0.1) is 12.7 Å². The number of hydrogen-bond acceptors (Lipinski definition) is 4.